The fourth-order valence-corrected chi connectivity index (χ4v) is 4.15. The Balaban J connectivity index is 1.39. The zero-order valence-electron chi connectivity index (χ0n) is 13.9. The molecule has 0 spiro atoms. The molecule has 0 aliphatic carbocycles. The fraction of sp³-hybridized carbons (Fsp3) is 0.333. The number of amides is 1. The van der Waals surface area contributed by atoms with Crippen molar-refractivity contribution in [2.75, 3.05) is 6.54 Å². The number of hydrogen-bond donors (Lipinski definition) is 0. The van der Waals surface area contributed by atoms with E-state index in [9.17, 15) is 4.79 Å². The summed E-state index contributed by atoms with van der Waals surface area (Å²) in [5.74, 6) is 1.15. The lowest BCUT2D eigenvalue weighted by molar-refractivity contribution is -0.133. The first-order valence-electron chi connectivity index (χ1n) is 8.31. The van der Waals surface area contributed by atoms with Gasteiger partial charge in [-0.15, -0.1) is 11.3 Å². The average Bonchev–Trinajstić information content (AvgIpc) is 3.30. The van der Waals surface area contributed by atoms with Crippen molar-refractivity contribution in [3.8, 4) is 11.4 Å². The fourth-order valence-electron chi connectivity index (χ4n) is 3.18. The molecule has 0 saturated heterocycles. The van der Waals surface area contributed by atoms with Crippen molar-refractivity contribution in [2.45, 2.75) is 32.2 Å². The van der Waals surface area contributed by atoms with E-state index in [0.717, 1.165) is 18.5 Å². The van der Waals surface area contributed by atoms with Gasteiger partial charge in [0.1, 0.15) is 0 Å². The molecule has 0 fully saturated rings. The quantitative estimate of drug-likeness (QED) is 0.719. The summed E-state index contributed by atoms with van der Waals surface area (Å²) in [6, 6.07) is 5.92. The van der Waals surface area contributed by atoms with Crippen molar-refractivity contribution < 1.29 is 9.32 Å². The van der Waals surface area contributed by atoms with Gasteiger partial charge < -0.3 is 9.42 Å². The van der Waals surface area contributed by atoms with Crippen LogP contribution in [-0.2, 0) is 17.6 Å². The molecular formula is C18H18N4O2S. The van der Waals surface area contributed by atoms with Gasteiger partial charge in [-0.3, -0.25) is 9.78 Å². The van der Waals surface area contributed by atoms with Crippen molar-refractivity contribution in [1.82, 2.24) is 20.0 Å². The Morgan fingerprint density at radius 3 is 3.04 bits per heavy atom. The molecule has 1 aliphatic heterocycles. The van der Waals surface area contributed by atoms with Crippen molar-refractivity contribution in [1.29, 1.82) is 0 Å². The first kappa shape index (κ1) is 16.0. The molecule has 1 atom stereocenters. The summed E-state index contributed by atoms with van der Waals surface area (Å²) in [5.41, 5.74) is 2.13. The zero-order chi connectivity index (χ0) is 17.2. The van der Waals surface area contributed by atoms with Crippen LogP contribution in [0.15, 0.2) is 40.5 Å². The van der Waals surface area contributed by atoms with Crippen LogP contribution in [-0.4, -0.2) is 32.5 Å². The monoisotopic (exact) mass is 354 g/mol. The maximum absolute atomic E-state index is 12.6. The van der Waals surface area contributed by atoms with E-state index in [4.69, 9.17) is 4.52 Å². The molecule has 6 nitrogen and oxygen atoms in total. The number of carbonyl (C=O) groups excluding carboxylic acids is 1. The number of pyridine rings is 1. The van der Waals surface area contributed by atoms with Crippen LogP contribution in [0, 0.1) is 0 Å². The summed E-state index contributed by atoms with van der Waals surface area (Å²) >= 11 is 1.78. The Bertz CT molecular complexity index is 874. The van der Waals surface area contributed by atoms with Crippen LogP contribution in [0.3, 0.4) is 0 Å². The number of fused-ring (bicyclic) bond motifs is 1. The number of hydrogen-bond acceptors (Lipinski definition) is 6. The predicted molar refractivity (Wildman–Crippen MR) is 94.0 cm³/mol. The SMILES string of the molecule is CC1c2ccsc2CCN1C(=O)CCc1nc(-c2ccncc2)no1. The van der Waals surface area contributed by atoms with E-state index >= 15 is 0 Å². The van der Waals surface area contributed by atoms with Crippen molar-refractivity contribution in [3.05, 3.63) is 52.3 Å². The summed E-state index contributed by atoms with van der Waals surface area (Å²) in [6.45, 7) is 2.87. The number of nitrogens with zero attached hydrogens (tertiary/aromatic N) is 4. The second-order valence-corrected chi connectivity index (χ2v) is 7.06. The van der Waals surface area contributed by atoms with Crippen LogP contribution >= 0.6 is 11.3 Å². The van der Waals surface area contributed by atoms with Crippen molar-refractivity contribution in [2.24, 2.45) is 0 Å². The lowest BCUT2D eigenvalue weighted by Crippen LogP contribution is -2.38. The van der Waals surface area contributed by atoms with Gasteiger partial charge in [-0.1, -0.05) is 5.16 Å². The molecule has 128 valence electrons. The molecule has 0 N–H and O–H groups in total. The molecule has 0 aromatic carbocycles. The van der Waals surface area contributed by atoms with Crippen LogP contribution in [0.25, 0.3) is 11.4 Å². The second-order valence-electron chi connectivity index (χ2n) is 6.06. The van der Waals surface area contributed by atoms with E-state index < -0.39 is 0 Å². The molecule has 0 radical (unpaired) electrons. The van der Waals surface area contributed by atoms with Gasteiger partial charge in [0.2, 0.25) is 17.6 Å². The van der Waals surface area contributed by atoms with Crippen LogP contribution < -0.4 is 0 Å². The predicted octanol–water partition coefficient (Wildman–Crippen LogP) is 3.27. The van der Waals surface area contributed by atoms with E-state index in [1.54, 1.807) is 23.7 Å². The Morgan fingerprint density at radius 1 is 1.36 bits per heavy atom. The van der Waals surface area contributed by atoms with E-state index in [-0.39, 0.29) is 11.9 Å². The van der Waals surface area contributed by atoms with Gasteiger partial charge in [0, 0.05) is 42.2 Å². The second kappa shape index (κ2) is 6.76. The summed E-state index contributed by atoms with van der Waals surface area (Å²) in [5, 5.41) is 6.08. The lowest BCUT2D eigenvalue weighted by Gasteiger charge is -2.33. The molecule has 1 aliphatic rings. The topological polar surface area (TPSA) is 72.1 Å². The highest BCUT2D eigenvalue weighted by atomic mass is 32.1. The highest BCUT2D eigenvalue weighted by molar-refractivity contribution is 7.10. The van der Waals surface area contributed by atoms with E-state index in [1.807, 2.05) is 17.0 Å². The molecule has 4 rings (SSSR count). The number of carbonyl (C=O) groups is 1. The van der Waals surface area contributed by atoms with E-state index in [0.29, 0.717) is 24.6 Å². The smallest absolute Gasteiger partial charge is 0.227 e. The number of rotatable bonds is 4. The first-order chi connectivity index (χ1) is 12.2. The van der Waals surface area contributed by atoms with Crippen LogP contribution in [0.5, 0.6) is 0 Å². The Labute approximate surface area is 149 Å². The maximum atomic E-state index is 12.6. The van der Waals surface area contributed by atoms with E-state index in [1.165, 1.54) is 10.4 Å². The summed E-state index contributed by atoms with van der Waals surface area (Å²) in [4.78, 5) is 24.3. The van der Waals surface area contributed by atoms with E-state index in [2.05, 4.69) is 33.5 Å². The van der Waals surface area contributed by atoms with Crippen LogP contribution in [0.2, 0.25) is 0 Å². The largest absolute Gasteiger partial charge is 0.339 e. The Kier molecular flexibility index (Phi) is 4.31. The molecule has 1 unspecified atom stereocenters. The highest BCUT2D eigenvalue weighted by Crippen LogP contribution is 2.33. The molecule has 4 heterocycles. The molecule has 3 aromatic heterocycles. The van der Waals surface area contributed by atoms with Gasteiger partial charge in [-0.2, -0.15) is 4.98 Å². The number of aromatic nitrogens is 3. The standard InChI is InChI=1S/C18H18N4O2S/c1-12-14-7-11-25-15(14)6-10-22(12)17(23)3-2-16-20-18(21-24-16)13-4-8-19-9-5-13/h4-5,7-9,11-12H,2-3,6,10H2,1H3. The Hall–Kier alpha value is -2.54. The average molecular weight is 354 g/mol. The minimum absolute atomic E-state index is 0.132. The maximum Gasteiger partial charge on any atom is 0.227 e. The molecule has 1 amide bonds. The summed E-state index contributed by atoms with van der Waals surface area (Å²) < 4.78 is 5.28. The first-order valence-corrected chi connectivity index (χ1v) is 9.19. The summed E-state index contributed by atoms with van der Waals surface area (Å²) in [7, 11) is 0. The number of thiophene rings is 1. The zero-order valence-corrected chi connectivity index (χ0v) is 14.7. The molecule has 0 saturated carbocycles. The normalized spacial score (nSPS) is 16.7. The van der Waals surface area contributed by atoms with Gasteiger partial charge >= 0.3 is 0 Å². The molecular weight excluding hydrogens is 336 g/mol. The van der Waals surface area contributed by atoms with Crippen molar-refractivity contribution >= 4 is 17.2 Å². The molecule has 25 heavy (non-hydrogen) atoms. The van der Waals surface area contributed by atoms with Gasteiger partial charge in [0.25, 0.3) is 0 Å². The number of aryl methyl sites for hydroxylation is 1. The summed E-state index contributed by atoms with van der Waals surface area (Å²) in [6.07, 6.45) is 5.14. The molecule has 0 bridgehead atoms. The molecule has 7 heteroatoms. The third-order valence-corrected chi connectivity index (χ3v) is 5.55. The lowest BCUT2D eigenvalue weighted by atomic mass is 10.0. The van der Waals surface area contributed by atoms with Gasteiger partial charge in [0.15, 0.2) is 0 Å². The molecule has 3 aromatic rings. The van der Waals surface area contributed by atoms with Crippen LogP contribution in [0.1, 0.15) is 35.7 Å². The third-order valence-electron chi connectivity index (χ3n) is 4.56. The third kappa shape index (κ3) is 3.19. The minimum atomic E-state index is 0.132. The van der Waals surface area contributed by atoms with Crippen molar-refractivity contribution in [3.63, 3.8) is 0 Å². The van der Waals surface area contributed by atoms with Crippen LogP contribution in [0.4, 0.5) is 0 Å². The van der Waals surface area contributed by atoms with Gasteiger partial charge in [-0.05, 0) is 42.5 Å². The minimum Gasteiger partial charge on any atom is -0.339 e. The highest BCUT2D eigenvalue weighted by Gasteiger charge is 2.28. The van der Waals surface area contributed by atoms with Gasteiger partial charge in [-0.25, -0.2) is 0 Å². The van der Waals surface area contributed by atoms with Gasteiger partial charge in [0.05, 0.1) is 6.04 Å². The Morgan fingerprint density at radius 2 is 2.20 bits per heavy atom.